The number of benzene rings is 1. The zero-order valence-electron chi connectivity index (χ0n) is 16.4. The number of hydrogen-bond donors (Lipinski definition) is 2. The van der Waals surface area contributed by atoms with Crippen LogP contribution in [0.3, 0.4) is 0 Å². The van der Waals surface area contributed by atoms with Gasteiger partial charge >= 0.3 is 0 Å². The third kappa shape index (κ3) is 3.19. The molecule has 2 aromatic heterocycles. The van der Waals surface area contributed by atoms with Crippen molar-refractivity contribution < 1.29 is 10.2 Å². The SMILES string of the molecule is CN1C2C[C@H](N(C)c3nnc(-c4ccc(-n5ccnc5)cc4O)s3)CC1[C@H](O)C2. The highest BCUT2D eigenvalue weighted by Gasteiger charge is 2.45. The Labute approximate surface area is 173 Å². The van der Waals surface area contributed by atoms with Crippen LogP contribution in [0.15, 0.2) is 36.9 Å². The molecule has 9 heteroatoms. The van der Waals surface area contributed by atoms with Gasteiger partial charge in [0.1, 0.15) is 5.75 Å². The minimum Gasteiger partial charge on any atom is -0.507 e. The predicted octanol–water partition coefficient (Wildman–Crippen LogP) is 2.13. The predicted molar refractivity (Wildman–Crippen MR) is 112 cm³/mol. The first kappa shape index (κ1) is 18.5. The van der Waals surface area contributed by atoms with Gasteiger partial charge in [0.2, 0.25) is 5.13 Å². The summed E-state index contributed by atoms with van der Waals surface area (Å²) in [4.78, 5) is 8.54. The maximum atomic E-state index is 10.5. The molecule has 29 heavy (non-hydrogen) atoms. The summed E-state index contributed by atoms with van der Waals surface area (Å²) in [5, 5.41) is 31.1. The van der Waals surface area contributed by atoms with Crippen LogP contribution in [0, 0.1) is 0 Å². The molecular formula is C20H24N6O2S. The fraction of sp³-hybridized carbons (Fsp3) is 0.450. The minimum atomic E-state index is -0.237. The van der Waals surface area contributed by atoms with Gasteiger partial charge in [0.25, 0.3) is 0 Å². The van der Waals surface area contributed by atoms with Crippen molar-refractivity contribution in [3.05, 3.63) is 36.9 Å². The number of rotatable bonds is 4. The molecule has 0 amide bonds. The van der Waals surface area contributed by atoms with Gasteiger partial charge < -0.3 is 19.7 Å². The summed E-state index contributed by atoms with van der Waals surface area (Å²) < 4.78 is 1.84. The Morgan fingerprint density at radius 3 is 2.79 bits per heavy atom. The van der Waals surface area contributed by atoms with E-state index in [1.165, 1.54) is 11.3 Å². The van der Waals surface area contributed by atoms with Crippen LogP contribution in [0.1, 0.15) is 19.3 Å². The van der Waals surface area contributed by atoms with E-state index in [1.807, 2.05) is 29.9 Å². The lowest BCUT2D eigenvalue weighted by Crippen LogP contribution is -2.49. The van der Waals surface area contributed by atoms with Crippen molar-refractivity contribution in [2.24, 2.45) is 0 Å². The number of piperidine rings is 1. The smallest absolute Gasteiger partial charge is 0.208 e. The lowest BCUT2D eigenvalue weighted by molar-refractivity contribution is 0.0949. The van der Waals surface area contributed by atoms with Gasteiger partial charge in [-0.1, -0.05) is 11.3 Å². The number of aliphatic hydroxyl groups is 1. The summed E-state index contributed by atoms with van der Waals surface area (Å²) in [6.45, 7) is 0. The van der Waals surface area contributed by atoms with Crippen LogP contribution in [0.25, 0.3) is 16.3 Å². The average molecular weight is 413 g/mol. The monoisotopic (exact) mass is 412 g/mol. The summed E-state index contributed by atoms with van der Waals surface area (Å²) in [6.07, 6.45) is 7.77. The van der Waals surface area contributed by atoms with Crippen LogP contribution in [0.5, 0.6) is 5.75 Å². The van der Waals surface area contributed by atoms with Crippen molar-refractivity contribution in [1.82, 2.24) is 24.6 Å². The van der Waals surface area contributed by atoms with Gasteiger partial charge in [-0.25, -0.2) is 4.98 Å². The van der Waals surface area contributed by atoms with Gasteiger partial charge in [0.05, 0.1) is 23.7 Å². The summed E-state index contributed by atoms with van der Waals surface area (Å²) in [6, 6.07) is 6.46. The quantitative estimate of drug-likeness (QED) is 0.678. The molecule has 2 N–H and O–H groups in total. The van der Waals surface area contributed by atoms with E-state index in [2.05, 4.69) is 32.0 Å². The number of anilines is 1. The number of aliphatic hydroxyl groups excluding tert-OH is 1. The molecule has 4 heterocycles. The van der Waals surface area contributed by atoms with Crippen molar-refractivity contribution in [2.45, 2.75) is 43.5 Å². The highest BCUT2D eigenvalue weighted by Crippen LogP contribution is 2.40. The normalized spacial score (nSPS) is 26.7. The van der Waals surface area contributed by atoms with E-state index >= 15 is 0 Å². The Kier molecular flexibility index (Phi) is 4.53. The highest BCUT2D eigenvalue weighted by atomic mass is 32.1. The molecule has 3 aromatic rings. The van der Waals surface area contributed by atoms with Crippen LogP contribution in [0.4, 0.5) is 5.13 Å². The molecule has 0 spiro atoms. The fourth-order valence-corrected chi connectivity index (χ4v) is 5.54. The van der Waals surface area contributed by atoms with Crippen molar-refractivity contribution >= 4 is 16.5 Å². The topological polar surface area (TPSA) is 90.5 Å². The molecule has 4 atom stereocenters. The van der Waals surface area contributed by atoms with Crippen LogP contribution in [-0.4, -0.2) is 73.2 Å². The molecular weight excluding hydrogens is 388 g/mol. The molecule has 0 radical (unpaired) electrons. The molecule has 2 aliphatic rings. The van der Waals surface area contributed by atoms with E-state index in [9.17, 15) is 10.2 Å². The molecule has 2 unspecified atom stereocenters. The number of imidazole rings is 1. The van der Waals surface area contributed by atoms with Crippen LogP contribution >= 0.6 is 11.3 Å². The summed E-state index contributed by atoms with van der Waals surface area (Å²) in [7, 11) is 4.16. The summed E-state index contributed by atoms with van der Waals surface area (Å²) in [5.41, 5.74) is 1.51. The number of aromatic hydroxyl groups is 1. The molecule has 2 saturated heterocycles. The van der Waals surface area contributed by atoms with E-state index < -0.39 is 0 Å². The Morgan fingerprint density at radius 2 is 2.07 bits per heavy atom. The number of phenolic OH excluding ortho intramolecular Hbond substituents is 1. The number of hydrogen-bond acceptors (Lipinski definition) is 8. The van der Waals surface area contributed by atoms with E-state index in [0.29, 0.717) is 22.7 Å². The van der Waals surface area contributed by atoms with Crippen molar-refractivity contribution in [1.29, 1.82) is 0 Å². The van der Waals surface area contributed by atoms with Gasteiger partial charge in [-0.15, -0.1) is 10.2 Å². The third-order valence-electron chi connectivity index (χ3n) is 6.39. The van der Waals surface area contributed by atoms with Gasteiger partial charge in [0, 0.05) is 43.6 Å². The fourth-order valence-electron chi connectivity index (χ4n) is 4.63. The largest absolute Gasteiger partial charge is 0.507 e. The van der Waals surface area contributed by atoms with Crippen LogP contribution in [0.2, 0.25) is 0 Å². The van der Waals surface area contributed by atoms with Crippen molar-refractivity contribution in [3.8, 4) is 22.0 Å². The lowest BCUT2D eigenvalue weighted by Gasteiger charge is -2.40. The molecule has 0 aliphatic carbocycles. The Bertz CT molecular complexity index is 1010. The first-order valence-corrected chi connectivity index (χ1v) is 10.6. The Hall–Kier alpha value is -2.49. The van der Waals surface area contributed by atoms with Gasteiger partial charge in [-0.2, -0.15) is 0 Å². The van der Waals surface area contributed by atoms with E-state index in [-0.39, 0.29) is 17.9 Å². The van der Waals surface area contributed by atoms with E-state index in [0.717, 1.165) is 30.1 Å². The number of likely N-dealkylation sites (N-methyl/N-ethyl adjacent to an activating group) is 1. The molecule has 152 valence electrons. The average Bonchev–Trinajstić information content (AvgIpc) is 3.43. The molecule has 0 saturated carbocycles. The van der Waals surface area contributed by atoms with Crippen molar-refractivity contribution in [3.63, 3.8) is 0 Å². The Morgan fingerprint density at radius 1 is 1.21 bits per heavy atom. The van der Waals surface area contributed by atoms with E-state index in [1.54, 1.807) is 18.6 Å². The minimum absolute atomic E-state index is 0.169. The molecule has 8 nitrogen and oxygen atoms in total. The number of phenols is 1. The third-order valence-corrected chi connectivity index (χ3v) is 7.44. The zero-order valence-corrected chi connectivity index (χ0v) is 17.2. The summed E-state index contributed by atoms with van der Waals surface area (Å²) >= 11 is 1.48. The lowest BCUT2D eigenvalue weighted by atomic mass is 9.97. The number of fused-ring (bicyclic) bond motifs is 2. The number of nitrogens with zero attached hydrogens (tertiary/aromatic N) is 6. The molecule has 2 aliphatic heterocycles. The standard InChI is InChI=1S/C20H24N6O2S/c1-24-14-7-13(8-16(24)18(28)10-14)25(2)20-23-22-19(29-20)15-4-3-12(9-17(15)27)26-6-5-21-11-26/h3-6,9,11,13-14,16,18,27-28H,7-8,10H2,1-2H3/t13-,14?,16?,18+/m0/s1. The first-order valence-electron chi connectivity index (χ1n) is 9.79. The molecule has 5 rings (SSSR count). The zero-order chi connectivity index (χ0) is 20.1. The maximum Gasteiger partial charge on any atom is 0.208 e. The second-order valence-electron chi connectivity index (χ2n) is 7.99. The van der Waals surface area contributed by atoms with Gasteiger partial charge in [-0.3, -0.25) is 4.90 Å². The highest BCUT2D eigenvalue weighted by molar-refractivity contribution is 7.18. The number of aromatic nitrogens is 4. The molecule has 2 fully saturated rings. The van der Waals surface area contributed by atoms with Crippen LogP contribution in [-0.2, 0) is 0 Å². The van der Waals surface area contributed by atoms with Gasteiger partial charge in [-0.05, 0) is 38.4 Å². The van der Waals surface area contributed by atoms with Gasteiger partial charge in [0.15, 0.2) is 5.01 Å². The second-order valence-corrected chi connectivity index (χ2v) is 8.94. The second kappa shape index (κ2) is 7.08. The molecule has 1 aromatic carbocycles. The maximum absolute atomic E-state index is 10.5. The summed E-state index contributed by atoms with van der Waals surface area (Å²) in [5.74, 6) is 0.169. The Balaban J connectivity index is 1.36. The molecule has 2 bridgehead atoms. The van der Waals surface area contributed by atoms with E-state index in [4.69, 9.17) is 0 Å². The first-order chi connectivity index (χ1) is 14.0. The van der Waals surface area contributed by atoms with Crippen molar-refractivity contribution in [2.75, 3.05) is 19.0 Å². The van der Waals surface area contributed by atoms with Crippen LogP contribution < -0.4 is 4.90 Å².